The smallest absolute Gasteiger partial charge is 0.117 e. The first kappa shape index (κ1) is 19.4. The minimum atomic E-state index is 0. The Kier molecular flexibility index (Phi) is 12.4. The van der Waals surface area contributed by atoms with E-state index in [1.807, 2.05) is 0 Å². The molecule has 1 aliphatic heterocycles. The van der Waals surface area contributed by atoms with Gasteiger partial charge in [-0.2, -0.15) is 0 Å². The van der Waals surface area contributed by atoms with E-state index in [9.17, 15) is 0 Å². The van der Waals surface area contributed by atoms with Crippen molar-refractivity contribution in [1.29, 1.82) is 0 Å². The van der Waals surface area contributed by atoms with Gasteiger partial charge in [0.1, 0.15) is 12.1 Å². The summed E-state index contributed by atoms with van der Waals surface area (Å²) in [5.41, 5.74) is 0.222. The lowest BCUT2D eigenvalue weighted by atomic mass is 9.88. The maximum atomic E-state index is 6.19. The van der Waals surface area contributed by atoms with Crippen LogP contribution in [0.1, 0.15) is 78.1 Å². The number of halogens is 1. The maximum Gasteiger partial charge on any atom is 0.117 e. The third kappa shape index (κ3) is 8.31. The second kappa shape index (κ2) is 12.2. The van der Waals surface area contributed by atoms with E-state index in [0.717, 1.165) is 13.2 Å². The molecule has 1 fully saturated rings. The highest BCUT2D eigenvalue weighted by Crippen LogP contribution is 2.26. The molecular weight excluding hydrogens is 302 g/mol. The van der Waals surface area contributed by atoms with Crippen LogP contribution in [0.2, 0.25) is 0 Å². The van der Waals surface area contributed by atoms with Crippen LogP contribution in [0, 0.1) is 0 Å². The fourth-order valence-corrected chi connectivity index (χ4v) is 3.00. The second-order valence-corrected chi connectivity index (χ2v) is 5.93. The highest BCUT2D eigenvalue weighted by atomic mass is 79.9. The lowest BCUT2D eigenvalue weighted by Crippen LogP contribution is -3.00. The van der Waals surface area contributed by atoms with Crippen LogP contribution in [0.3, 0.4) is 0 Å². The molecular formula is C16H34BrNO. The summed E-state index contributed by atoms with van der Waals surface area (Å²) in [5, 5.41) is 2.46. The van der Waals surface area contributed by atoms with Gasteiger partial charge in [0, 0.05) is 0 Å². The predicted octanol–water partition coefficient (Wildman–Crippen LogP) is 0.264. The van der Waals surface area contributed by atoms with Crippen LogP contribution in [-0.4, -0.2) is 25.3 Å². The molecule has 0 aromatic rings. The molecule has 1 rings (SSSR count). The number of morpholine rings is 1. The summed E-state index contributed by atoms with van der Waals surface area (Å²) in [5.74, 6) is 0. The Morgan fingerprint density at radius 1 is 0.895 bits per heavy atom. The van der Waals surface area contributed by atoms with Gasteiger partial charge < -0.3 is 27.0 Å². The molecule has 0 spiro atoms. The van der Waals surface area contributed by atoms with Crippen LogP contribution in [0.15, 0.2) is 0 Å². The molecule has 0 unspecified atom stereocenters. The molecule has 0 aromatic heterocycles. The molecule has 1 aliphatic rings. The molecule has 1 saturated heterocycles. The second-order valence-electron chi connectivity index (χ2n) is 5.93. The zero-order valence-corrected chi connectivity index (χ0v) is 14.6. The number of rotatable bonds is 10. The fraction of sp³-hybridized carbons (Fsp3) is 1.00. The monoisotopic (exact) mass is 335 g/mol. The summed E-state index contributed by atoms with van der Waals surface area (Å²) in [7, 11) is 0. The van der Waals surface area contributed by atoms with Crippen molar-refractivity contribution in [2.75, 3.05) is 19.7 Å². The van der Waals surface area contributed by atoms with Crippen LogP contribution >= 0.6 is 0 Å². The SMILES string of the molecule is CCCCCCC1(CCCCCC)C[NH2+]CCO1.[Br-]. The van der Waals surface area contributed by atoms with E-state index in [1.54, 1.807) is 0 Å². The van der Waals surface area contributed by atoms with Crippen molar-refractivity contribution in [1.82, 2.24) is 0 Å². The average molecular weight is 336 g/mol. The summed E-state index contributed by atoms with van der Waals surface area (Å²) in [4.78, 5) is 0. The van der Waals surface area contributed by atoms with E-state index in [0.29, 0.717) is 0 Å². The molecule has 3 heteroatoms. The lowest BCUT2D eigenvalue weighted by molar-refractivity contribution is -0.686. The molecule has 1 heterocycles. The highest BCUT2D eigenvalue weighted by Gasteiger charge is 2.34. The number of hydrogen-bond donors (Lipinski definition) is 1. The molecule has 19 heavy (non-hydrogen) atoms. The van der Waals surface area contributed by atoms with Crippen molar-refractivity contribution < 1.29 is 27.0 Å². The van der Waals surface area contributed by atoms with Gasteiger partial charge in [-0.25, -0.2) is 0 Å². The quantitative estimate of drug-likeness (QED) is 0.569. The molecule has 2 N–H and O–H groups in total. The molecule has 0 atom stereocenters. The summed E-state index contributed by atoms with van der Waals surface area (Å²) in [6, 6.07) is 0. The molecule has 0 aromatic carbocycles. The number of nitrogens with two attached hydrogens (primary N) is 1. The van der Waals surface area contributed by atoms with E-state index in [1.165, 1.54) is 70.8 Å². The Morgan fingerprint density at radius 3 is 1.89 bits per heavy atom. The van der Waals surface area contributed by atoms with Gasteiger partial charge in [-0.3, -0.25) is 0 Å². The third-order valence-electron chi connectivity index (χ3n) is 4.22. The van der Waals surface area contributed by atoms with Gasteiger partial charge in [0.25, 0.3) is 0 Å². The minimum Gasteiger partial charge on any atom is -1.00 e. The zero-order chi connectivity index (χ0) is 13.1. The summed E-state index contributed by atoms with van der Waals surface area (Å²) < 4.78 is 6.19. The topological polar surface area (TPSA) is 25.8 Å². The van der Waals surface area contributed by atoms with Crippen molar-refractivity contribution in [2.24, 2.45) is 0 Å². The van der Waals surface area contributed by atoms with Crippen molar-refractivity contribution >= 4 is 0 Å². The molecule has 0 amide bonds. The van der Waals surface area contributed by atoms with E-state index < -0.39 is 0 Å². The summed E-state index contributed by atoms with van der Waals surface area (Å²) in [6.45, 7) is 7.88. The highest BCUT2D eigenvalue weighted by molar-refractivity contribution is 4.81. The third-order valence-corrected chi connectivity index (χ3v) is 4.22. The summed E-state index contributed by atoms with van der Waals surface area (Å²) in [6.07, 6.45) is 13.5. The number of unbranched alkanes of at least 4 members (excludes halogenated alkanes) is 6. The Bertz CT molecular complexity index is 179. The zero-order valence-electron chi connectivity index (χ0n) is 13.1. The largest absolute Gasteiger partial charge is 1.00 e. The number of hydrogen-bond acceptors (Lipinski definition) is 1. The molecule has 116 valence electrons. The molecule has 0 aliphatic carbocycles. The number of quaternary nitrogens is 1. The molecule has 2 nitrogen and oxygen atoms in total. The molecule has 0 radical (unpaired) electrons. The minimum absolute atomic E-state index is 0. The van der Waals surface area contributed by atoms with Crippen molar-refractivity contribution in [2.45, 2.75) is 83.7 Å². The van der Waals surface area contributed by atoms with Gasteiger partial charge in [0.15, 0.2) is 0 Å². The Balaban J connectivity index is 0.00000324. The van der Waals surface area contributed by atoms with E-state index in [-0.39, 0.29) is 22.6 Å². The first-order valence-electron chi connectivity index (χ1n) is 8.28. The maximum absolute atomic E-state index is 6.19. The Labute approximate surface area is 130 Å². The first-order valence-corrected chi connectivity index (χ1v) is 8.28. The van der Waals surface area contributed by atoms with Crippen molar-refractivity contribution in [3.8, 4) is 0 Å². The van der Waals surface area contributed by atoms with Crippen LogP contribution in [0.5, 0.6) is 0 Å². The van der Waals surface area contributed by atoms with Crippen LogP contribution in [0.4, 0.5) is 0 Å². The Hall–Kier alpha value is 0.400. The molecule has 0 saturated carbocycles. The average Bonchev–Trinajstić information content (AvgIpc) is 2.41. The van der Waals surface area contributed by atoms with Crippen LogP contribution in [0.25, 0.3) is 0 Å². The lowest BCUT2D eigenvalue weighted by Gasteiger charge is -2.35. The van der Waals surface area contributed by atoms with E-state index in [4.69, 9.17) is 4.74 Å². The van der Waals surface area contributed by atoms with Crippen LogP contribution < -0.4 is 22.3 Å². The predicted molar refractivity (Wildman–Crippen MR) is 77.9 cm³/mol. The fourth-order valence-electron chi connectivity index (χ4n) is 3.00. The van der Waals surface area contributed by atoms with Gasteiger partial charge in [-0.1, -0.05) is 65.2 Å². The van der Waals surface area contributed by atoms with Gasteiger partial charge in [-0.05, 0) is 12.8 Å². The van der Waals surface area contributed by atoms with E-state index in [2.05, 4.69) is 19.2 Å². The standard InChI is InChI=1S/C16H33NO.BrH/c1-3-5-7-9-11-16(12-10-8-6-4-2)15-17-13-14-18-16;/h17H,3-15H2,1-2H3;1H. The van der Waals surface area contributed by atoms with Crippen molar-refractivity contribution in [3.63, 3.8) is 0 Å². The Morgan fingerprint density at radius 2 is 1.47 bits per heavy atom. The van der Waals surface area contributed by atoms with Gasteiger partial charge >= 0.3 is 0 Å². The van der Waals surface area contributed by atoms with Gasteiger partial charge in [0.05, 0.1) is 13.2 Å². The molecule has 0 bridgehead atoms. The van der Waals surface area contributed by atoms with Crippen LogP contribution in [-0.2, 0) is 4.74 Å². The van der Waals surface area contributed by atoms with E-state index >= 15 is 0 Å². The van der Waals surface area contributed by atoms with Gasteiger partial charge in [0.2, 0.25) is 0 Å². The van der Waals surface area contributed by atoms with Crippen molar-refractivity contribution in [3.05, 3.63) is 0 Å². The first-order chi connectivity index (χ1) is 8.83. The summed E-state index contributed by atoms with van der Waals surface area (Å²) >= 11 is 0. The normalized spacial score (nSPS) is 18.0. The van der Waals surface area contributed by atoms with Gasteiger partial charge in [-0.15, -0.1) is 0 Å². The number of ether oxygens (including phenoxy) is 1.